The maximum absolute atomic E-state index is 11.9. The van der Waals surface area contributed by atoms with Crippen LogP contribution in [0, 0.1) is 18.8 Å². The summed E-state index contributed by atoms with van der Waals surface area (Å²) in [6.45, 7) is 4.06. The van der Waals surface area contributed by atoms with Gasteiger partial charge in [0.05, 0.1) is 5.56 Å². The fourth-order valence-electron chi connectivity index (χ4n) is 2.55. The number of aromatic nitrogens is 1. The third kappa shape index (κ3) is 1.36. The average Bonchev–Trinajstić information content (AvgIpc) is 2.66. The van der Waals surface area contributed by atoms with Gasteiger partial charge in [-0.25, -0.2) is 0 Å². The predicted octanol–water partition coefficient (Wildman–Crippen LogP) is 0.271. The standard InChI is InChI=1S/C11H15N3O/c1-6-2-12-3-7(6)11(15)14-10-8-4-13-5-9(8)10/h2-3,8-10,12-13H,4-5H2,1H3,(H,14,15). The van der Waals surface area contributed by atoms with Crippen molar-refractivity contribution in [1.82, 2.24) is 15.6 Å². The zero-order valence-corrected chi connectivity index (χ0v) is 8.71. The number of hydrogen-bond acceptors (Lipinski definition) is 2. The largest absolute Gasteiger partial charge is 0.367 e. The first kappa shape index (κ1) is 8.97. The zero-order valence-electron chi connectivity index (χ0n) is 8.71. The molecule has 80 valence electrons. The Morgan fingerprint density at radius 2 is 2.13 bits per heavy atom. The monoisotopic (exact) mass is 205 g/mol. The second-order valence-corrected chi connectivity index (χ2v) is 4.54. The van der Waals surface area contributed by atoms with Crippen LogP contribution in [0.25, 0.3) is 0 Å². The van der Waals surface area contributed by atoms with Gasteiger partial charge in [-0.3, -0.25) is 4.79 Å². The van der Waals surface area contributed by atoms with Crippen molar-refractivity contribution >= 4 is 5.91 Å². The number of aryl methyl sites for hydroxylation is 1. The Labute approximate surface area is 88.4 Å². The number of carbonyl (C=O) groups is 1. The fraction of sp³-hybridized carbons (Fsp3) is 0.545. The minimum absolute atomic E-state index is 0.0631. The highest BCUT2D eigenvalue weighted by atomic mass is 16.1. The van der Waals surface area contributed by atoms with Crippen LogP contribution in [0.4, 0.5) is 0 Å². The number of H-pyrrole nitrogens is 1. The summed E-state index contributed by atoms with van der Waals surface area (Å²) in [5, 5.41) is 6.41. The molecule has 0 bridgehead atoms. The van der Waals surface area contributed by atoms with Crippen molar-refractivity contribution in [2.75, 3.05) is 13.1 Å². The van der Waals surface area contributed by atoms with E-state index < -0.39 is 0 Å². The Kier molecular flexibility index (Phi) is 1.85. The molecule has 0 aromatic carbocycles. The van der Waals surface area contributed by atoms with Crippen molar-refractivity contribution in [3.05, 3.63) is 23.5 Å². The van der Waals surface area contributed by atoms with Crippen LogP contribution in [0.5, 0.6) is 0 Å². The Balaban J connectivity index is 1.65. The summed E-state index contributed by atoms with van der Waals surface area (Å²) in [6.07, 6.45) is 3.62. The van der Waals surface area contributed by atoms with Gasteiger partial charge in [-0.1, -0.05) is 0 Å². The minimum atomic E-state index is 0.0631. The number of fused-ring (bicyclic) bond motifs is 1. The van der Waals surface area contributed by atoms with Gasteiger partial charge in [0.15, 0.2) is 0 Å². The van der Waals surface area contributed by atoms with E-state index in [0.717, 1.165) is 24.2 Å². The molecule has 3 rings (SSSR count). The molecule has 15 heavy (non-hydrogen) atoms. The average molecular weight is 205 g/mol. The zero-order chi connectivity index (χ0) is 10.4. The molecular weight excluding hydrogens is 190 g/mol. The molecule has 2 fully saturated rings. The number of hydrogen-bond donors (Lipinski definition) is 3. The lowest BCUT2D eigenvalue weighted by molar-refractivity contribution is 0.0946. The van der Waals surface area contributed by atoms with Crippen molar-refractivity contribution in [2.45, 2.75) is 13.0 Å². The molecule has 2 atom stereocenters. The van der Waals surface area contributed by atoms with Crippen LogP contribution in [-0.4, -0.2) is 30.0 Å². The fourth-order valence-corrected chi connectivity index (χ4v) is 2.55. The third-order valence-electron chi connectivity index (χ3n) is 3.59. The number of aromatic amines is 1. The van der Waals surface area contributed by atoms with E-state index in [0.29, 0.717) is 17.9 Å². The normalized spacial score (nSPS) is 32.5. The van der Waals surface area contributed by atoms with Crippen molar-refractivity contribution < 1.29 is 4.79 Å². The molecule has 1 aromatic rings. The highest BCUT2D eigenvalue weighted by Crippen LogP contribution is 2.41. The second-order valence-electron chi connectivity index (χ2n) is 4.54. The van der Waals surface area contributed by atoms with Crippen LogP contribution in [0.2, 0.25) is 0 Å². The Morgan fingerprint density at radius 3 is 2.73 bits per heavy atom. The molecule has 2 heterocycles. The summed E-state index contributed by atoms with van der Waals surface area (Å²) in [5.74, 6) is 1.41. The van der Waals surface area contributed by atoms with E-state index in [9.17, 15) is 4.79 Å². The highest BCUT2D eigenvalue weighted by Gasteiger charge is 2.53. The van der Waals surface area contributed by atoms with Gasteiger partial charge >= 0.3 is 0 Å². The van der Waals surface area contributed by atoms with Gasteiger partial charge < -0.3 is 15.6 Å². The number of nitrogens with one attached hydrogen (secondary N) is 3. The topological polar surface area (TPSA) is 56.9 Å². The van der Waals surface area contributed by atoms with E-state index in [4.69, 9.17) is 0 Å². The molecule has 2 aliphatic rings. The number of amides is 1. The van der Waals surface area contributed by atoms with E-state index in [2.05, 4.69) is 15.6 Å². The first-order valence-corrected chi connectivity index (χ1v) is 5.42. The maximum Gasteiger partial charge on any atom is 0.253 e. The van der Waals surface area contributed by atoms with Crippen LogP contribution in [0.1, 0.15) is 15.9 Å². The van der Waals surface area contributed by atoms with E-state index in [1.807, 2.05) is 13.1 Å². The highest BCUT2D eigenvalue weighted by molar-refractivity contribution is 5.95. The van der Waals surface area contributed by atoms with E-state index in [-0.39, 0.29) is 5.91 Å². The van der Waals surface area contributed by atoms with E-state index in [1.54, 1.807) is 6.20 Å². The minimum Gasteiger partial charge on any atom is -0.367 e. The van der Waals surface area contributed by atoms with Crippen LogP contribution in [0.15, 0.2) is 12.4 Å². The molecule has 1 aliphatic heterocycles. The SMILES string of the molecule is Cc1c[nH]cc1C(=O)NC1C2CNCC21. The molecule has 0 spiro atoms. The van der Waals surface area contributed by atoms with E-state index in [1.165, 1.54) is 0 Å². The van der Waals surface area contributed by atoms with Crippen LogP contribution in [-0.2, 0) is 0 Å². The van der Waals surface area contributed by atoms with Gasteiger partial charge in [-0.2, -0.15) is 0 Å². The lowest BCUT2D eigenvalue weighted by atomic mass is 10.2. The first-order chi connectivity index (χ1) is 7.27. The van der Waals surface area contributed by atoms with Crippen molar-refractivity contribution in [3.63, 3.8) is 0 Å². The van der Waals surface area contributed by atoms with Gasteiger partial charge in [0.1, 0.15) is 0 Å². The molecule has 3 N–H and O–H groups in total. The summed E-state index contributed by atoms with van der Waals surface area (Å²) in [7, 11) is 0. The summed E-state index contributed by atoms with van der Waals surface area (Å²) in [5.41, 5.74) is 1.78. The van der Waals surface area contributed by atoms with Gasteiger partial charge in [0.2, 0.25) is 0 Å². The Hall–Kier alpha value is -1.29. The summed E-state index contributed by atoms with van der Waals surface area (Å²) >= 11 is 0. The third-order valence-corrected chi connectivity index (χ3v) is 3.59. The van der Waals surface area contributed by atoms with Crippen LogP contribution in [0.3, 0.4) is 0 Å². The van der Waals surface area contributed by atoms with Crippen LogP contribution >= 0.6 is 0 Å². The smallest absolute Gasteiger partial charge is 0.253 e. The Morgan fingerprint density at radius 1 is 1.40 bits per heavy atom. The molecular formula is C11H15N3O. The summed E-state index contributed by atoms with van der Waals surface area (Å²) < 4.78 is 0. The van der Waals surface area contributed by atoms with Gasteiger partial charge in [0, 0.05) is 31.5 Å². The number of carbonyl (C=O) groups excluding carboxylic acids is 1. The van der Waals surface area contributed by atoms with Gasteiger partial charge in [-0.15, -0.1) is 0 Å². The van der Waals surface area contributed by atoms with Crippen molar-refractivity contribution in [3.8, 4) is 0 Å². The van der Waals surface area contributed by atoms with Gasteiger partial charge in [-0.05, 0) is 24.3 Å². The quantitative estimate of drug-likeness (QED) is 0.649. The lowest BCUT2D eigenvalue weighted by Crippen LogP contribution is -2.32. The molecule has 4 heteroatoms. The summed E-state index contributed by atoms with van der Waals surface area (Å²) in [4.78, 5) is 14.8. The van der Waals surface area contributed by atoms with Crippen molar-refractivity contribution in [2.24, 2.45) is 11.8 Å². The molecule has 0 radical (unpaired) electrons. The molecule has 1 aliphatic carbocycles. The number of rotatable bonds is 2. The predicted molar refractivity (Wildman–Crippen MR) is 56.6 cm³/mol. The second kappa shape index (κ2) is 3.10. The van der Waals surface area contributed by atoms with Crippen LogP contribution < -0.4 is 10.6 Å². The molecule has 1 saturated carbocycles. The molecule has 1 amide bonds. The Bertz CT molecular complexity index is 388. The van der Waals surface area contributed by atoms with Gasteiger partial charge in [0.25, 0.3) is 5.91 Å². The van der Waals surface area contributed by atoms with Crippen molar-refractivity contribution in [1.29, 1.82) is 0 Å². The molecule has 4 nitrogen and oxygen atoms in total. The molecule has 1 aromatic heterocycles. The maximum atomic E-state index is 11.9. The lowest BCUT2D eigenvalue weighted by Gasteiger charge is -2.07. The summed E-state index contributed by atoms with van der Waals surface area (Å²) in [6, 6.07) is 0.410. The molecule has 2 unspecified atom stereocenters. The first-order valence-electron chi connectivity index (χ1n) is 5.42. The van der Waals surface area contributed by atoms with E-state index >= 15 is 0 Å². The molecule has 1 saturated heterocycles. The number of piperidine rings is 1.